The Morgan fingerprint density at radius 1 is 1.06 bits per heavy atom. The number of thioether (sulfide) groups is 1. The third-order valence-electron chi connectivity index (χ3n) is 4.29. The topological polar surface area (TPSA) is 133 Å². The van der Waals surface area contributed by atoms with Crippen LogP contribution in [-0.4, -0.2) is 37.3 Å². The summed E-state index contributed by atoms with van der Waals surface area (Å²) in [5, 5.41) is 21.9. The Morgan fingerprint density at radius 3 is 2.59 bits per heavy atom. The summed E-state index contributed by atoms with van der Waals surface area (Å²) in [6.45, 7) is 0. The highest BCUT2D eigenvalue weighted by molar-refractivity contribution is 7.99. The molecule has 2 aromatic carbocycles. The molecule has 0 spiro atoms. The number of carbonyl (C=O) groups is 2. The van der Waals surface area contributed by atoms with Gasteiger partial charge in [-0.15, -0.1) is 10.2 Å². The molecule has 10 nitrogen and oxygen atoms in total. The van der Waals surface area contributed by atoms with E-state index in [4.69, 9.17) is 4.42 Å². The smallest absolute Gasteiger partial charge is 0.270 e. The molecule has 2 aromatic heterocycles. The molecule has 0 radical (unpaired) electrons. The van der Waals surface area contributed by atoms with E-state index < -0.39 is 16.7 Å². The first kappa shape index (κ1) is 21.0. The molecule has 0 unspecified atom stereocenters. The lowest BCUT2D eigenvalue weighted by molar-refractivity contribution is -0.384. The van der Waals surface area contributed by atoms with Gasteiger partial charge in [0, 0.05) is 23.4 Å². The van der Waals surface area contributed by atoms with E-state index in [0.717, 1.165) is 23.5 Å². The van der Waals surface area contributed by atoms with E-state index >= 15 is 0 Å². The first-order valence-corrected chi connectivity index (χ1v) is 10.3. The van der Waals surface area contributed by atoms with Gasteiger partial charge in [0.15, 0.2) is 10.9 Å². The summed E-state index contributed by atoms with van der Waals surface area (Å²) < 4.78 is 7.19. The molecule has 0 saturated carbocycles. The number of aromatic nitrogens is 3. The molecule has 2 amide bonds. The molecule has 0 aliphatic carbocycles. The molecule has 0 bridgehead atoms. The highest BCUT2D eigenvalue weighted by Gasteiger charge is 2.20. The molecule has 0 saturated heterocycles. The monoisotopic (exact) mass is 449 g/mol. The van der Waals surface area contributed by atoms with Gasteiger partial charge >= 0.3 is 0 Å². The lowest BCUT2D eigenvalue weighted by Crippen LogP contribution is -2.31. The minimum Gasteiger partial charge on any atom is -0.461 e. The Bertz CT molecular complexity index is 1270. The number of benzene rings is 2. The number of amides is 2. The number of imide groups is 1. The van der Waals surface area contributed by atoms with Crippen LogP contribution in [0.1, 0.15) is 10.4 Å². The van der Waals surface area contributed by atoms with E-state index in [0.29, 0.717) is 16.7 Å². The van der Waals surface area contributed by atoms with E-state index in [9.17, 15) is 19.7 Å². The van der Waals surface area contributed by atoms with Gasteiger partial charge in [-0.05, 0) is 30.3 Å². The number of nitro groups is 1. The SMILES string of the molecule is O=C(CSc1nnc(-c2ccco2)n1-c1ccccc1)NC(=O)c1cccc([N+](=O)[O-])c1. The minimum atomic E-state index is -0.722. The number of nitrogens with zero attached hydrogens (tertiary/aromatic N) is 4. The Hall–Kier alpha value is -4.25. The molecule has 160 valence electrons. The largest absolute Gasteiger partial charge is 0.461 e. The molecular formula is C21H15N5O5S. The van der Waals surface area contributed by atoms with Crippen molar-refractivity contribution in [2.24, 2.45) is 0 Å². The fourth-order valence-electron chi connectivity index (χ4n) is 2.86. The number of hydrogen-bond acceptors (Lipinski definition) is 8. The quantitative estimate of drug-likeness (QED) is 0.257. The Labute approximate surface area is 185 Å². The highest BCUT2D eigenvalue weighted by Crippen LogP contribution is 2.28. The fraction of sp³-hybridized carbons (Fsp3) is 0.0476. The zero-order chi connectivity index (χ0) is 22.5. The third kappa shape index (κ3) is 4.57. The van der Waals surface area contributed by atoms with Crippen LogP contribution in [0.25, 0.3) is 17.3 Å². The molecule has 0 aliphatic heterocycles. The molecule has 0 fully saturated rings. The summed E-state index contributed by atoms with van der Waals surface area (Å²) in [5.41, 5.74) is 0.561. The average molecular weight is 449 g/mol. The summed E-state index contributed by atoms with van der Waals surface area (Å²) in [4.78, 5) is 34.9. The van der Waals surface area contributed by atoms with Crippen LogP contribution in [0, 0.1) is 10.1 Å². The molecule has 4 aromatic rings. The number of furan rings is 1. The van der Waals surface area contributed by atoms with Crippen molar-refractivity contribution in [3.05, 3.63) is 88.7 Å². The Kier molecular flexibility index (Phi) is 6.08. The summed E-state index contributed by atoms with van der Waals surface area (Å²) in [6.07, 6.45) is 1.53. The van der Waals surface area contributed by atoms with Gasteiger partial charge in [-0.3, -0.25) is 29.6 Å². The number of para-hydroxylation sites is 1. The van der Waals surface area contributed by atoms with Gasteiger partial charge in [-0.2, -0.15) is 0 Å². The predicted octanol–water partition coefficient (Wildman–Crippen LogP) is 3.48. The van der Waals surface area contributed by atoms with Gasteiger partial charge in [0.1, 0.15) is 0 Å². The summed E-state index contributed by atoms with van der Waals surface area (Å²) in [5.74, 6) is -0.437. The second-order valence-electron chi connectivity index (χ2n) is 6.43. The summed E-state index contributed by atoms with van der Waals surface area (Å²) >= 11 is 1.09. The van der Waals surface area contributed by atoms with Gasteiger partial charge in [-0.25, -0.2) is 0 Å². The molecule has 11 heteroatoms. The fourth-order valence-corrected chi connectivity index (χ4v) is 3.62. The molecule has 2 heterocycles. The Balaban J connectivity index is 1.49. The average Bonchev–Trinajstić information content (AvgIpc) is 3.48. The normalized spacial score (nSPS) is 10.6. The van der Waals surface area contributed by atoms with E-state index in [1.54, 1.807) is 16.7 Å². The second kappa shape index (κ2) is 9.27. The maximum absolute atomic E-state index is 12.3. The number of non-ortho nitro benzene ring substituents is 1. The van der Waals surface area contributed by atoms with E-state index in [2.05, 4.69) is 15.5 Å². The molecule has 0 aliphatic rings. The lowest BCUT2D eigenvalue weighted by atomic mass is 10.2. The first-order chi connectivity index (χ1) is 15.5. The van der Waals surface area contributed by atoms with Crippen molar-refractivity contribution in [3.63, 3.8) is 0 Å². The molecular weight excluding hydrogens is 434 g/mol. The number of rotatable bonds is 7. The van der Waals surface area contributed by atoms with Crippen LogP contribution >= 0.6 is 11.8 Å². The van der Waals surface area contributed by atoms with Gasteiger partial charge in [0.25, 0.3) is 11.6 Å². The Morgan fingerprint density at radius 2 is 1.88 bits per heavy atom. The van der Waals surface area contributed by atoms with Crippen LogP contribution in [0.5, 0.6) is 0 Å². The summed E-state index contributed by atoms with van der Waals surface area (Å²) in [7, 11) is 0. The van der Waals surface area contributed by atoms with Crippen molar-refractivity contribution in [1.82, 2.24) is 20.1 Å². The number of nitrogens with one attached hydrogen (secondary N) is 1. The van der Waals surface area contributed by atoms with Crippen molar-refractivity contribution in [1.29, 1.82) is 0 Å². The minimum absolute atomic E-state index is 0.0186. The molecule has 32 heavy (non-hydrogen) atoms. The van der Waals surface area contributed by atoms with Crippen molar-refractivity contribution >= 4 is 29.3 Å². The van der Waals surface area contributed by atoms with Gasteiger partial charge in [0.2, 0.25) is 11.7 Å². The van der Waals surface area contributed by atoms with E-state index in [1.165, 1.54) is 24.5 Å². The molecule has 4 rings (SSSR count). The third-order valence-corrected chi connectivity index (χ3v) is 5.22. The lowest BCUT2D eigenvalue weighted by Gasteiger charge is -2.09. The van der Waals surface area contributed by atoms with Crippen molar-refractivity contribution in [2.45, 2.75) is 5.16 Å². The zero-order valence-corrected chi connectivity index (χ0v) is 17.2. The zero-order valence-electron chi connectivity index (χ0n) is 16.4. The van der Waals surface area contributed by atoms with Crippen LogP contribution in [0.2, 0.25) is 0 Å². The second-order valence-corrected chi connectivity index (χ2v) is 7.37. The predicted molar refractivity (Wildman–Crippen MR) is 115 cm³/mol. The van der Waals surface area contributed by atoms with Crippen LogP contribution in [-0.2, 0) is 4.79 Å². The summed E-state index contributed by atoms with van der Waals surface area (Å²) in [6, 6.07) is 18.0. The van der Waals surface area contributed by atoms with Crippen molar-refractivity contribution in [2.75, 3.05) is 5.75 Å². The van der Waals surface area contributed by atoms with Crippen molar-refractivity contribution < 1.29 is 18.9 Å². The number of nitro benzene ring substituents is 1. The first-order valence-electron chi connectivity index (χ1n) is 9.29. The number of hydrogen-bond donors (Lipinski definition) is 1. The van der Waals surface area contributed by atoms with Crippen LogP contribution in [0.3, 0.4) is 0 Å². The van der Waals surface area contributed by atoms with E-state index in [-0.39, 0.29) is 17.0 Å². The molecule has 0 atom stereocenters. The standard InChI is InChI=1S/C21H15N5O5S/c27-18(22-20(28)14-6-4-9-16(12-14)26(29)30)13-32-21-24-23-19(17-10-5-11-31-17)25(21)15-7-2-1-3-8-15/h1-12H,13H2,(H,22,27,28). The number of carbonyl (C=O) groups excluding carboxylic acids is 2. The molecule has 1 N–H and O–H groups in total. The highest BCUT2D eigenvalue weighted by atomic mass is 32.2. The van der Waals surface area contributed by atoms with E-state index in [1.807, 2.05) is 30.3 Å². The van der Waals surface area contributed by atoms with Gasteiger partial charge in [-0.1, -0.05) is 36.0 Å². The maximum Gasteiger partial charge on any atom is 0.270 e. The van der Waals surface area contributed by atoms with Crippen LogP contribution in [0.15, 0.2) is 82.6 Å². The van der Waals surface area contributed by atoms with Crippen molar-refractivity contribution in [3.8, 4) is 17.3 Å². The maximum atomic E-state index is 12.3. The van der Waals surface area contributed by atoms with Gasteiger partial charge in [0.05, 0.1) is 16.9 Å². The van der Waals surface area contributed by atoms with Gasteiger partial charge < -0.3 is 4.42 Å². The van der Waals surface area contributed by atoms with Crippen LogP contribution < -0.4 is 5.32 Å². The van der Waals surface area contributed by atoms with Crippen LogP contribution in [0.4, 0.5) is 5.69 Å².